The SMILES string of the molecule is CC1=C(C)N2NC(N3CCC([N+](C)(C)C)C3)C(N)=C2C=C1. The Labute approximate surface area is 127 Å². The van der Waals surface area contributed by atoms with Gasteiger partial charge in [0.1, 0.15) is 12.2 Å². The van der Waals surface area contributed by atoms with Crippen LogP contribution < -0.4 is 11.2 Å². The van der Waals surface area contributed by atoms with E-state index in [-0.39, 0.29) is 6.17 Å². The summed E-state index contributed by atoms with van der Waals surface area (Å²) < 4.78 is 1.02. The van der Waals surface area contributed by atoms with Crippen LogP contribution in [0.3, 0.4) is 0 Å². The molecule has 3 N–H and O–H groups in total. The molecule has 3 aliphatic rings. The summed E-state index contributed by atoms with van der Waals surface area (Å²) in [6, 6.07) is 0.677. The van der Waals surface area contributed by atoms with Gasteiger partial charge in [-0.1, -0.05) is 6.08 Å². The van der Waals surface area contributed by atoms with Crippen LogP contribution in [-0.2, 0) is 0 Å². The third kappa shape index (κ3) is 2.39. The first kappa shape index (κ1) is 14.6. The van der Waals surface area contributed by atoms with Gasteiger partial charge in [-0.2, -0.15) is 0 Å². The van der Waals surface area contributed by atoms with Gasteiger partial charge in [-0.05, 0) is 25.5 Å². The van der Waals surface area contributed by atoms with Crippen LogP contribution in [0, 0.1) is 0 Å². The maximum atomic E-state index is 6.43. The predicted molar refractivity (Wildman–Crippen MR) is 85.5 cm³/mol. The number of nitrogens with two attached hydrogens (primary N) is 1. The highest BCUT2D eigenvalue weighted by Crippen LogP contribution is 2.31. The molecular weight excluding hydrogens is 262 g/mol. The maximum Gasteiger partial charge on any atom is 0.121 e. The normalized spacial score (nSPS) is 30.6. The van der Waals surface area contributed by atoms with Crippen molar-refractivity contribution < 1.29 is 4.48 Å². The number of likely N-dealkylation sites (tertiary alicyclic amines) is 1. The van der Waals surface area contributed by atoms with E-state index in [9.17, 15) is 0 Å². The number of hydrogen-bond donors (Lipinski definition) is 2. The Morgan fingerprint density at radius 2 is 1.95 bits per heavy atom. The molecule has 1 fully saturated rings. The van der Waals surface area contributed by atoms with Crippen molar-refractivity contribution in [1.29, 1.82) is 0 Å². The molecule has 0 amide bonds. The lowest BCUT2D eigenvalue weighted by Crippen LogP contribution is -2.51. The number of rotatable bonds is 2. The molecule has 0 aromatic rings. The summed E-state index contributed by atoms with van der Waals surface area (Å²) in [5.41, 5.74) is 14.6. The predicted octanol–water partition coefficient (Wildman–Crippen LogP) is 0.947. The molecule has 5 heteroatoms. The summed E-state index contributed by atoms with van der Waals surface area (Å²) in [6.07, 6.45) is 5.63. The fraction of sp³-hybridized carbons (Fsp3) is 0.625. The summed E-state index contributed by atoms with van der Waals surface area (Å²) >= 11 is 0. The topological polar surface area (TPSA) is 44.5 Å². The Morgan fingerprint density at radius 1 is 1.24 bits per heavy atom. The second kappa shape index (κ2) is 4.87. The van der Waals surface area contributed by atoms with Crippen LogP contribution in [0.5, 0.6) is 0 Å². The first-order valence-corrected chi connectivity index (χ1v) is 7.75. The van der Waals surface area contributed by atoms with Crippen molar-refractivity contribution >= 4 is 0 Å². The van der Waals surface area contributed by atoms with Crippen molar-refractivity contribution in [3.63, 3.8) is 0 Å². The van der Waals surface area contributed by atoms with E-state index in [4.69, 9.17) is 5.73 Å². The second-order valence-corrected chi connectivity index (χ2v) is 7.36. The van der Waals surface area contributed by atoms with E-state index in [0.717, 1.165) is 29.0 Å². The van der Waals surface area contributed by atoms with E-state index >= 15 is 0 Å². The van der Waals surface area contributed by atoms with Gasteiger partial charge in [-0.3, -0.25) is 9.91 Å². The first-order valence-electron chi connectivity index (χ1n) is 7.75. The summed E-state index contributed by atoms with van der Waals surface area (Å²) in [4.78, 5) is 2.48. The van der Waals surface area contributed by atoms with Crippen molar-refractivity contribution in [3.05, 3.63) is 34.8 Å². The molecule has 21 heavy (non-hydrogen) atoms. The van der Waals surface area contributed by atoms with Gasteiger partial charge in [-0.25, -0.2) is 5.43 Å². The Morgan fingerprint density at radius 3 is 2.57 bits per heavy atom. The van der Waals surface area contributed by atoms with Gasteiger partial charge < -0.3 is 10.2 Å². The van der Waals surface area contributed by atoms with E-state index < -0.39 is 0 Å². The molecule has 5 nitrogen and oxygen atoms in total. The summed E-state index contributed by atoms with van der Waals surface area (Å²) in [5.74, 6) is 0. The summed E-state index contributed by atoms with van der Waals surface area (Å²) in [5, 5.41) is 2.15. The fourth-order valence-electron chi connectivity index (χ4n) is 3.39. The van der Waals surface area contributed by atoms with E-state index in [1.165, 1.54) is 17.7 Å². The molecule has 0 aromatic heterocycles. The molecular formula is C16H28N5+. The number of hydrazine groups is 1. The second-order valence-electron chi connectivity index (χ2n) is 7.36. The zero-order chi connectivity index (χ0) is 15.4. The minimum atomic E-state index is 0.127. The van der Waals surface area contributed by atoms with E-state index in [0.29, 0.717) is 6.04 Å². The highest BCUT2D eigenvalue weighted by molar-refractivity contribution is 5.42. The van der Waals surface area contributed by atoms with Crippen LogP contribution in [0.2, 0.25) is 0 Å². The highest BCUT2D eigenvalue weighted by atomic mass is 15.6. The molecule has 0 aromatic carbocycles. The largest absolute Gasteiger partial charge is 0.398 e. The Hall–Kier alpha value is -1.30. The van der Waals surface area contributed by atoms with Gasteiger partial charge in [0.2, 0.25) is 0 Å². The lowest BCUT2D eigenvalue weighted by Gasteiger charge is -2.33. The Balaban J connectivity index is 1.79. The van der Waals surface area contributed by atoms with Gasteiger partial charge in [0.25, 0.3) is 0 Å². The van der Waals surface area contributed by atoms with Crippen molar-refractivity contribution in [2.45, 2.75) is 32.5 Å². The molecule has 116 valence electrons. The quantitative estimate of drug-likeness (QED) is 0.743. The zero-order valence-electron chi connectivity index (χ0n) is 13.8. The molecule has 2 unspecified atom stereocenters. The molecule has 3 aliphatic heterocycles. The lowest BCUT2D eigenvalue weighted by molar-refractivity contribution is -0.893. The van der Waals surface area contributed by atoms with Gasteiger partial charge in [0.15, 0.2) is 0 Å². The van der Waals surface area contributed by atoms with Crippen LogP contribution in [0.4, 0.5) is 0 Å². The van der Waals surface area contributed by atoms with Crippen LogP contribution in [0.15, 0.2) is 34.8 Å². The number of allylic oxidation sites excluding steroid dienone is 4. The lowest BCUT2D eigenvalue weighted by atomic mass is 10.1. The first-order chi connectivity index (χ1) is 9.79. The molecule has 0 radical (unpaired) electrons. The molecule has 0 aliphatic carbocycles. The Bertz CT molecular complexity index is 537. The van der Waals surface area contributed by atoms with Gasteiger partial charge >= 0.3 is 0 Å². The zero-order valence-corrected chi connectivity index (χ0v) is 13.8. The smallest absolute Gasteiger partial charge is 0.121 e. The summed E-state index contributed by atoms with van der Waals surface area (Å²) in [7, 11) is 6.83. The fourth-order valence-corrected chi connectivity index (χ4v) is 3.39. The molecule has 0 bridgehead atoms. The van der Waals surface area contributed by atoms with Crippen molar-refractivity contribution in [2.24, 2.45) is 5.73 Å². The molecule has 0 spiro atoms. The number of quaternary nitrogens is 1. The van der Waals surface area contributed by atoms with Crippen LogP contribution in [0.25, 0.3) is 0 Å². The molecule has 3 rings (SSSR count). The number of nitrogens with zero attached hydrogens (tertiary/aromatic N) is 3. The van der Waals surface area contributed by atoms with E-state index in [1.54, 1.807) is 0 Å². The third-order valence-electron chi connectivity index (χ3n) is 5.14. The van der Waals surface area contributed by atoms with Crippen LogP contribution >= 0.6 is 0 Å². The standard InChI is InChI=1S/C16H28N5/c1-11-6-7-14-15(17)16(18-20(14)12(11)2)19-9-8-13(10-19)21(3,4)5/h6-7,13,16,18H,8-10,17H2,1-5H3/q+1. The average molecular weight is 290 g/mol. The average Bonchev–Trinajstić information content (AvgIpc) is 2.99. The van der Waals surface area contributed by atoms with Gasteiger partial charge in [0.05, 0.1) is 39.1 Å². The summed E-state index contributed by atoms with van der Waals surface area (Å²) in [6.45, 7) is 6.47. The highest BCUT2D eigenvalue weighted by Gasteiger charge is 2.40. The van der Waals surface area contributed by atoms with E-state index in [2.05, 4.69) is 62.5 Å². The molecule has 3 heterocycles. The number of nitrogens with one attached hydrogen (secondary N) is 1. The number of hydrogen-bond acceptors (Lipinski definition) is 4. The molecule has 2 atom stereocenters. The maximum absolute atomic E-state index is 6.43. The minimum absolute atomic E-state index is 0.127. The molecule has 0 saturated carbocycles. The number of fused-ring (bicyclic) bond motifs is 1. The van der Waals surface area contributed by atoms with Gasteiger partial charge in [0, 0.05) is 18.7 Å². The monoisotopic (exact) mass is 290 g/mol. The number of likely N-dealkylation sites (N-methyl/N-ethyl adjacent to an activating group) is 1. The van der Waals surface area contributed by atoms with Crippen LogP contribution in [0.1, 0.15) is 20.3 Å². The van der Waals surface area contributed by atoms with Crippen LogP contribution in [-0.4, -0.2) is 60.8 Å². The van der Waals surface area contributed by atoms with Crippen molar-refractivity contribution in [2.75, 3.05) is 34.2 Å². The van der Waals surface area contributed by atoms with Gasteiger partial charge in [-0.15, -0.1) is 0 Å². The Kier molecular flexibility index (Phi) is 3.39. The molecule has 1 saturated heterocycles. The van der Waals surface area contributed by atoms with Crippen molar-refractivity contribution in [3.8, 4) is 0 Å². The van der Waals surface area contributed by atoms with Crippen molar-refractivity contribution in [1.82, 2.24) is 15.3 Å². The third-order valence-corrected chi connectivity index (χ3v) is 5.14. The minimum Gasteiger partial charge on any atom is -0.398 e. The van der Waals surface area contributed by atoms with E-state index in [1.807, 2.05) is 0 Å².